The van der Waals surface area contributed by atoms with Crippen molar-refractivity contribution >= 4 is 11.7 Å². The minimum absolute atomic E-state index is 0.0296. The zero-order valence-electron chi connectivity index (χ0n) is 15.5. The van der Waals surface area contributed by atoms with Gasteiger partial charge in [-0.2, -0.15) is 4.98 Å². The number of urea groups is 1. The molecule has 1 aliphatic rings. The molecule has 0 saturated carbocycles. The van der Waals surface area contributed by atoms with Crippen LogP contribution in [0.2, 0.25) is 0 Å². The fourth-order valence-electron chi connectivity index (χ4n) is 3.23. The quantitative estimate of drug-likeness (QED) is 0.719. The SMILES string of the molecule is Cc1nc(-c2cccc(NC(=O)NC3CCOC(c4cccnc4)C3)c2)no1. The third-order valence-corrected chi connectivity index (χ3v) is 4.58. The molecule has 2 atom stereocenters. The highest BCUT2D eigenvalue weighted by Crippen LogP contribution is 2.27. The predicted octanol–water partition coefficient (Wildman–Crippen LogP) is 3.48. The van der Waals surface area contributed by atoms with E-state index in [0.717, 1.165) is 17.5 Å². The van der Waals surface area contributed by atoms with Crippen molar-refractivity contribution in [1.82, 2.24) is 20.4 Å². The molecule has 0 spiro atoms. The van der Waals surface area contributed by atoms with Crippen molar-refractivity contribution in [3.05, 3.63) is 60.2 Å². The summed E-state index contributed by atoms with van der Waals surface area (Å²) in [6.45, 7) is 2.33. The monoisotopic (exact) mass is 379 g/mol. The topological polar surface area (TPSA) is 102 Å². The number of aromatic nitrogens is 3. The van der Waals surface area contributed by atoms with Gasteiger partial charge in [0.05, 0.1) is 6.10 Å². The number of benzene rings is 1. The second-order valence-electron chi connectivity index (χ2n) is 6.68. The number of hydrogen-bond donors (Lipinski definition) is 2. The molecule has 2 unspecified atom stereocenters. The minimum Gasteiger partial charge on any atom is -0.373 e. The third kappa shape index (κ3) is 4.34. The van der Waals surface area contributed by atoms with Gasteiger partial charge >= 0.3 is 6.03 Å². The highest BCUT2D eigenvalue weighted by atomic mass is 16.5. The van der Waals surface area contributed by atoms with Gasteiger partial charge in [0.2, 0.25) is 11.7 Å². The standard InChI is InChI=1S/C20H21N5O3/c1-13-22-19(25-28-13)14-4-2-6-16(10-14)23-20(26)24-17-7-9-27-18(11-17)15-5-3-8-21-12-15/h2-6,8,10,12,17-18H,7,9,11H2,1H3,(H2,23,24,26). The minimum atomic E-state index is -0.252. The number of pyridine rings is 1. The Kier molecular flexibility index (Phi) is 5.29. The summed E-state index contributed by atoms with van der Waals surface area (Å²) >= 11 is 0. The Morgan fingerprint density at radius 3 is 2.96 bits per heavy atom. The normalized spacial score (nSPS) is 19.2. The van der Waals surface area contributed by atoms with Crippen molar-refractivity contribution in [3.63, 3.8) is 0 Å². The molecule has 28 heavy (non-hydrogen) atoms. The zero-order valence-corrected chi connectivity index (χ0v) is 15.5. The number of aryl methyl sites for hydroxylation is 1. The maximum atomic E-state index is 12.5. The van der Waals surface area contributed by atoms with E-state index in [2.05, 4.69) is 25.8 Å². The van der Waals surface area contributed by atoms with E-state index >= 15 is 0 Å². The second-order valence-corrected chi connectivity index (χ2v) is 6.68. The summed E-state index contributed by atoms with van der Waals surface area (Å²) in [5, 5.41) is 9.81. The number of nitrogens with zero attached hydrogens (tertiary/aromatic N) is 3. The van der Waals surface area contributed by atoms with E-state index in [1.807, 2.05) is 36.4 Å². The van der Waals surface area contributed by atoms with Gasteiger partial charge in [-0.3, -0.25) is 4.98 Å². The summed E-state index contributed by atoms with van der Waals surface area (Å²) in [6.07, 6.45) is 4.96. The van der Waals surface area contributed by atoms with Gasteiger partial charge in [-0.15, -0.1) is 0 Å². The molecule has 1 aliphatic heterocycles. The first-order chi connectivity index (χ1) is 13.7. The van der Waals surface area contributed by atoms with Crippen LogP contribution in [0.15, 0.2) is 53.3 Å². The molecule has 2 amide bonds. The summed E-state index contributed by atoms with van der Waals surface area (Å²) in [5.41, 5.74) is 2.46. The lowest BCUT2D eigenvalue weighted by molar-refractivity contribution is 0.00235. The maximum Gasteiger partial charge on any atom is 0.319 e. The summed E-state index contributed by atoms with van der Waals surface area (Å²) in [7, 11) is 0. The largest absolute Gasteiger partial charge is 0.373 e. The number of anilines is 1. The van der Waals surface area contributed by atoms with Crippen LogP contribution < -0.4 is 10.6 Å². The third-order valence-electron chi connectivity index (χ3n) is 4.58. The summed E-state index contributed by atoms with van der Waals surface area (Å²) in [6, 6.07) is 11.0. The lowest BCUT2D eigenvalue weighted by atomic mass is 9.99. The summed E-state index contributed by atoms with van der Waals surface area (Å²) in [4.78, 5) is 20.8. The fourth-order valence-corrected chi connectivity index (χ4v) is 3.23. The molecule has 1 aromatic carbocycles. The molecule has 3 aromatic rings. The van der Waals surface area contributed by atoms with Crippen LogP contribution in [0.4, 0.5) is 10.5 Å². The van der Waals surface area contributed by atoms with Gasteiger partial charge in [0.25, 0.3) is 0 Å². The molecule has 0 radical (unpaired) electrons. The average Bonchev–Trinajstić information content (AvgIpc) is 3.15. The molecule has 0 aliphatic carbocycles. The molecule has 8 nitrogen and oxygen atoms in total. The lowest BCUT2D eigenvalue weighted by Gasteiger charge is -2.30. The number of amides is 2. The highest BCUT2D eigenvalue weighted by molar-refractivity contribution is 5.90. The van der Waals surface area contributed by atoms with Crippen molar-refractivity contribution in [3.8, 4) is 11.4 Å². The van der Waals surface area contributed by atoms with Crippen LogP contribution in [-0.4, -0.2) is 33.8 Å². The fraction of sp³-hybridized carbons (Fsp3) is 0.300. The molecule has 8 heteroatoms. The van der Waals surface area contributed by atoms with Crippen molar-refractivity contribution in [2.24, 2.45) is 0 Å². The van der Waals surface area contributed by atoms with Crippen LogP contribution in [0.5, 0.6) is 0 Å². The first-order valence-corrected chi connectivity index (χ1v) is 9.17. The second kappa shape index (κ2) is 8.18. The van der Waals surface area contributed by atoms with Crippen LogP contribution in [0.25, 0.3) is 11.4 Å². The van der Waals surface area contributed by atoms with Crippen LogP contribution in [0.1, 0.15) is 30.4 Å². The first-order valence-electron chi connectivity index (χ1n) is 9.17. The van der Waals surface area contributed by atoms with Crippen LogP contribution in [0.3, 0.4) is 0 Å². The molecule has 2 N–H and O–H groups in total. The van der Waals surface area contributed by atoms with E-state index in [9.17, 15) is 4.79 Å². The number of carbonyl (C=O) groups is 1. The Morgan fingerprint density at radius 1 is 1.25 bits per heavy atom. The van der Waals surface area contributed by atoms with Gasteiger partial charge in [0.1, 0.15) is 0 Å². The number of carbonyl (C=O) groups excluding carboxylic acids is 1. The molecular weight excluding hydrogens is 358 g/mol. The van der Waals surface area contributed by atoms with Crippen LogP contribution in [-0.2, 0) is 4.74 Å². The Hall–Kier alpha value is -3.26. The van der Waals surface area contributed by atoms with E-state index < -0.39 is 0 Å². The zero-order chi connectivity index (χ0) is 19.3. The lowest BCUT2D eigenvalue weighted by Crippen LogP contribution is -2.42. The van der Waals surface area contributed by atoms with Gasteiger partial charge in [-0.25, -0.2) is 4.79 Å². The van der Waals surface area contributed by atoms with Crippen LogP contribution >= 0.6 is 0 Å². The van der Waals surface area contributed by atoms with E-state index in [1.165, 1.54) is 0 Å². The maximum absolute atomic E-state index is 12.5. The molecular formula is C20H21N5O3. The average molecular weight is 379 g/mol. The molecule has 144 valence electrons. The molecule has 1 fully saturated rings. The van der Waals surface area contributed by atoms with E-state index in [0.29, 0.717) is 30.4 Å². The number of hydrogen-bond acceptors (Lipinski definition) is 6. The van der Waals surface area contributed by atoms with Crippen molar-refractivity contribution in [1.29, 1.82) is 0 Å². The van der Waals surface area contributed by atoms with E-state index in [-0.39, 0.29) is 18.2 Å². The van der Waals surface area contributed by atoms with Crippen molar-refractivity contribution in [2.75, 3.05) is 11.9 Å². The molecule has 2 aromatic heterocycles. The summed E-state index contributed by atoms with van der Waals surface area (Å²) < 4.78 is 10.8. The predicted molar refractivity (Wildman–Crippen MR) is 103 cm³/mol. The van der Waals surface area contributed by atoms with Gasteiger partial charge < -0.3 is 19.9 Å². The van der Waals surface area contributed by atoms with E-state index in [4.69, 9.17) is 9.26 Å². The Bertz CT molecular complexity index is 944. The molecule has 3 heterocycles. The molecule has 0 bridgehead atoms. The van der Waals surface area contributed by atoms with Crippen LogP contribution in [0, 0.1) is 6.92 Å². The number of nitrogens with one attached hydrogen (secondary N) is 2. The number of ether oxygens (including phenoxy) is 1. The Balaban J connectivity index is 1.36. The first kappa shape index (κ1) is 18.1. The molecule has 4 rings (SSSR count). The van der Waals surface area contributed by atoms with Gasteiger partial charge in [-0.05, 0) is 36.6 Å². The Labute approximate surface area is 162 Å². The van der Waals surface area contributed by atoms with Gasteiger partial charge in [0.15, 0.2) is 0 Å². The van der Waals surface area contributed by atoms with Crippen molar-refractivity contribution in [2.45, 2.75) is 31.9 Å². The van der Waals surface area contributed by atoms with Gasteiger partial charge in [-0.1, -0.05) is 23.4 Å². The van der Waals surface area contributed by atoms with E-state index in [1.54, 1.807) is 19.3 Å². The smallest absolute Gasteiger partial charge is 0.319 e. The van der Waals surface area contributed by atoms with Crippen molar-refractivity contribution < 1.29 is 14.1 Å². The Morgan fingerprint density at radius 2 is 2.18 bits per heavy atom. The highest BCUT2D eigenvalue weighted by Gasteiger charge is 2.25. The number of rotatable bonds is 4. The van der Waals surface area contributed by atoms with Gasteiger partial charge in [0, 0.05) is 43.2 Å². The molecule has 1 saturated heterocycles. The summed E-state index contributed by atoms with van der Waals surface area (Å²) in [5.74, 6) is 0.985.